The molecule has 0 aliphatic rings. The predicted molar refractivity (Wildman–Crippen MR) is 73.2 cm³/mol. The van der Waals surface area contributed by atoms with E-state index in [2.05, 4.69) is 11.1 Å². The van der Waals surface area contributed by atoms with Crippen LogP contribution >= 0.6 is 11.6 Å². The van der Waals surface area contributed by atoms with Crippen LogP contribution in [0.15, 0.2) is 36.7 Å². The fourth-order valence-corrected chi connectivity index (χ4v) is 2.28. The van der Waals surface area contributed by atoms with Crippen molar-refractivity contribution in [2.24, 2.45) is 0 Å². The summed E-state index contributed by atoms with van der Waals surface area (Å²) in [6, 6.07) is 7.81. The first-order valence-electron chi connectivity index (χ1n) is 5.76. The third-order valence-corrected chi connectivity index (χ3v) is 3.02. The number of carbonyl (C=O) groups excluding carboxylic acids is 1. The maximum Gasteiger partial charge on any atom is 0.168 e. The lowest BCUT2D eigenvalue weighted by Crippen LogP contribution is -2.05. The Morgan fingerprint density at radius 1 is 1.22 bits per heavy atom. The monoisotopic (exact) mass is 259 g/mol. The van der Waals surface area contributed by atoms with Crippen molar-refractivity contribution in [2.75, 3.05) is 0 Å². The third-order valence-electron chi connectivity index (χ3n) is 2.72. The van der Waals surface area contributed by atoms with Gasteiger partial charge in [0.15, 0.2) is 5.78 Å². The van der Waals surface area contributed by atoms with E-state index in [1.807, 2.05) is 26.0 Å². The van der Waals surface area contributed by atoms with Crippen molar-refractivity contribution in [3.05, 3.63) is 63.9 Å². The van der Waals surface area contributed by atoms with Crippen LogP contribution in [0.5, 0.6) is 0 Å². The van der Waals surface area contributed by atoms with E-state index < -0.39 is 0 Å². The minimum atomic E-state index is 0.0207. The second-order valence-electron chi connectivity index (χ2n) is 4.45. The van der Waals surface area contributed by atoms with Gasteiger partial charge >= 0.3 is 0 Å². The SMILES string of the molecule is Cc1cc(C)cc(CC(=O)c2ccncc2Cl)c1. The number of halogens is 1. The molecule has 0 unspecified atom stereocenters. The fourth-order valence-electron chi connectivity index (χ4n) is 2.05. The lowest BCUT2D eigenvalue weighted by atomic mass is 10.0. The summed E-state index contributed by atoms with van der Waals surface area (Å²) in [7, 11) is 0. The number of ketones is 1. The molecule has 0 N–H and O–H groups in total. The summed E-state index contributed by atoms with van der Waals surface area (Å²) in [6.07, 6.45) is 3.45. The highest BCUT2D eigenvalue weighted by atomic mass is 35.5. The highest BCUT2D eigenvalue weighted by Crippen LogP contribution is 2.17. The van der Waals surface area contributed by atoms with Gasteiger partial charge in [0.2, 0.25) is 0 Å². The maximum absolute atomic E-state index is 12.1. The molecule has 92 valence electrons. The summed E-state index contributed by atoms with van der Waals surface area (Å²) in [5, 5.41) is 0.409. The largest absolute Gasteiger partial charge is 0.294 e. The van der Waals surface area contributed by atoms with Crippen molar-refractivity contribution in [1.29, 1.82) is 0 Å². The number of aromatic nitrogens is 1. The van der Waals surface area contributed by atoms with Crippen molar-refractivity contribution in [3.63, 3.8) is 0 Å². The van der Waals surface area contributed by atoms with Gasteiger partial charge < -0.3 is 0 Å². The zero-order valence-corrected chi connectivity index (χ0v) is 11.2. The molecule has 0 bridgehead atoms. The van der Waals surface area contributed by atoms with Crippen LogP contribution < -0.4 is 0 Å². The molecule has 0 saturated carbocycles. The molecule has 2 aromatic rings. The molecular formula is C15H14ClNO. The molecule has 2 nitrogen and oxygen atoms in total. The van der Waals surface area contributed by atoms with Gasteiger partial charge in [0.1, 0.15) is 0 Å². The predicted octanol–water partition coefficient (Wildman–Crippen LogP) is 3.78. The van der Waals surface area contributed by atoms with Crippen molar-refractivity contribution < 1.29 is 4.79 Å². The maximum atomic E-state index is 12.1. The second kappa shape index (κ2) is 5.32. The third kappa shape index (κ3) is 2.96. The Kier molecular flexibility index (Phi) is 3.78. The van der Waals surface area contributed by atoms with Crippen LogP contribution in [0, 0.1) is 13.8 Å². The summed E-state index contributed by atoms with van der Waals surface area (Å²) < 4.78 is 0. The first kappa shape index (κ1) is 12.8. The molecule has 1 aromatic carbocycles. The molecule has 0 aliphatic carbocycles. The molecule has 0 amide bonds. The molecule has 0 atom stereocenters. The Hall–Kier alpha value is -1.67. The molecule has 0 aliphatic heterocycles. The summed E-state index contributed by atoms with van der Waals surface area (Å²) in [6.45, 7) is 4.06. The standard InChI is InChI=1S/C15H14ClNO/c1-10-5-11(2)7-12(6-10)8-15(18)13-3-4-17-9-14(13)16/h3-7,9H,8H2,1-2H3. The number of carbonyl (C=O) groups is 1. The van der Waals surface area contributed by atoms with Gasteiger partial charge in [-0.1, -0.05) is 40.9 Å². The number of Topliss-reactive ketones (excluding diaryl/α,β-unsaturated/α-hetero) is 1. The molecule has 1 heterocycles. The lowest BCUT2D eigenvalue weighted by molar-refractivity contribution is 0.0993. The molecule has 0 spiro atoms. The number of hydrogen-bond acceptors (Lipinski definition) is 2. The van der Waals surface area contributed by atoms with E-state index in [1.54, 1.807) is 12.3 Å². The van der Waals surface area contributed by atoms with Gasteiger partial charge in [-0.15, -0.1) is 0 Å². The zero-order chi connectivity index (χ0) is 13.1. The average Bonchev–Trinajstić information content (AvgIpc) is 2.27. The number of pyridine rings is 1. The molecule has 0 saturated heterocycles. The van der Waals surface area contributed by atoms with Gasteiger partial charge in [-0.2, -0.15) is 0 Å². The Morgan fingerprint density at radius 3 is 2.50 bits per heavy atom. The molecule has 0 radical (unpaired) electrons. The van der Waals surface area contributed by atoms with E-state index in [0.717, 1.165) is 5.56 Å². The molecule has 0 fully saturated rings. The molecular weight excluding hydrogens is 246 g/mol. The van der Waals surface area contributed by atoms with Gasteiger partial charge in [-0.3, -0.25) is 9.78 Å². The van der Waals surface area contributed by atoms with Crippen LogP contribution in [0.1, 0.15) is 27.0 Å². The Bertz CT molecular complexity index is 573. The zero-order valence-electron chi connectivity index (χ0n) is 10.4. The smallest absolute Gasteiger partial charge is 0.168 e. The van der Waals surface area contributed by atoms with E-state index >= 15 is 0 Å². The Labute approximate surface area is 112 Å². The molecule has 1 aromatic heterocycles. The number of aryl methyl sites for hydroxylation is 2. The highest BCUT2D eigenvalue weighted by Gasteiger charge is 2.11. The quantitative estimate of drug-likeness (QED) is 0.786. The van der Waals surface area contributed by atoms with Crippen LogP contribution in [0.2, 0.25) is 5.02 Å². The van der Waals surface area contributed by atoms with E-state index in [1.165, 1.54) is 17.3 Å². The molecule has 2 rings (SSSR count). The number of hydrogen-bond donors (Lipinski definition) is 0. The van der Waals surface area contributed by atoms with Crippen molar-refractivity contribution in [3.8, 4) is 0 Å². The van der Waals surface area contributed by atoms with E-state index in [9.17, 15) is 4.79 Å². The highest BCUT2D eigenvalue weighted by molar-refractivity contribution is 6.33. The van der Waals surface area contributed by atoms with Gasteiger partial charge in [0.25, 0.3) is 0 Å². The second-order valence-corrected chi connectivity index (χ2v) is 4.86. The van der Waals surface area contributed by atoms with E-state index in [0.29, 0.717) is 17.0 Å². The van der Waals surface area contributed by atoms with Crippen LogP contribution in [-0.4, -0.2) is 10.8 Å². The average molecular weight is 260 g/mol. The summed E-state index contributed by atoms with van der Waals surface area (Å²) in [5.41, 5.74) is 3.88. The minimum Gasteiger partial charge on any atom is -0.294 e. The summed E-state index contributed by atoms with van der Waals surface area (Å²) in [5.74, 6) is 0.0207. The number of rotatable bonds is 3. The van der Waals surface area contributed by atoms with Crippen LogP contribution in [0.25, 0.3) is 0 Å². The lowest BCUT2D eigenvalue weighted by Gasteiger charge is -2.05. The minimum absolute atomic E-state index is 0.0207. The topological polar surface area (TPSA) is 30.0 Å². The van der Waals surface area contributed by atoms with Crippen LogP contribution in [0.3, 0.4) is 0 Å². The first-order valence-corrected chi connectivity index (χ1v) is 6.14. The molecule has 3 heteroatoms. The van der Waals surface area contributed by atoms with Crippen molar-refractivity contribution >= 4 is 17.4 Å². The van der Waals surface area contributed by atoms with Crippen LogP contribution in [-0.2, 0) is 6.42 Å². The summed E-state index contributed by atoms with van der Waals surface area (Å²) in [4.78, 5) is 16.0. The summed E-state index contributed by atoms with van der Waals surface area (Å²) >= 11 is 5.96. The van der Waals surface area contributed by atoms with Crippen LogP contribution in [0.4, 0.5) is 0 Å². The number of nitrogens with zero attached hydrogens (tertiary/aromatic N) is 1. The Balaban J connectivity index is 2.24. The van der Waals surface area contributed by atoms with E-state index in [-0.39, 0.29) is 5.78 Å². The number of benzene rings is 1. The molecule has 18 heavy (non-hydrogen) atoms. The van der Waals surface area contributed by atoms with Gasteiger partial charge in [-0.05, 0) is 25.5 Å². The first-order chi connectivity index (χ1) is 8.56. The Morgan fingerprint density at radius 2 is 1.89 bits per heavy atom. The van der Waals surface area contributed by atoms with Crippen molar-refractivity contribution in [2.45, 2.75) is 20.3 Å². The van der Waals surface area contributed by atoms with Gasteiger partial charge in [-0.25, -0.2) is 0 Å². The van der Waals surface area contributed by atoms with Crippen molar-refractivity contribution in [1.82, 2.24) is 4.98 Å². The van der Waals surface area contributed by atoms with E-state index in [4.69, 9.17) is 11.6 Å². The fraction of sp³-hybridized carbons (Fsp3) is 0.200. The van der Waals surface area contributed by atoms with Gasteiger partial charge in [0.05, 0.1) is 5.02 Å². The normalized spacial score (nSPS) is 10.4. The van der Waals surface area contributed by atoms with Gasteiger partial charge in [0, 0.05) is 24.4 Å².